The minimum atomic E-state index is -1.23. The highest BCUT2D eigenvalue weighted by atomic mass is 16.3. The van der Waals surface area contributed by atoms with E-state index in [4.69, 9.17) is 17.2 Å². The van der Waals surface area contributed by atoms with Crippen molar-refractivity contribution in [2.75, 3.05) is 26.2 Å². The molecule has 7 atom stereocenters. The molecule has 17 heteroatoms. The number of amides is 6. The molecule has 0 unspecified atom stereocenters. The zero-order chi connectivity index (χ0) is 38.6. The number of nitrogens with two attached hydrogens (primary N) is 3. The number of aliphatic hydroxyl groups is 1. The van der Waals surface area contributed by atoms with Crippen LogP contribution < -0.4 is 49.1 Å². The highest BCUT2D eigenvalue weighted by Gasteiger charge is 2.32. The summed E-state index contributed by atoms with van der Waals surface area (Å²) in [5.74, 6) is -3.65. The van der Waals surface area contributed by atoms with Crippen LogP contribution in [0.1, 0.15) is 64.9 Å². The summed E-state index contributed by atoms with van der Waals surface area (Å²) >= 11 is 0. The standard InChI is InChI=1S/C35H58N10O7/c1-21(2)18-27-33(50)43-26(13-16-38)31(48)41-24(11-14-36)20-40-30(22(3)46)35(52)39-17-7-10-29(47)42-25(12-15-37)32(49)45-28(34(51)44-27)19-23-8-5-4-6-9-23/h4-6,8-9,20-22,24-28,30,46H,7,10-19,36-38H2,1-3H3,(H,39,52)(H,41,48)(H,42,47)(H,43,50)(H,44,51)(H,45,49)/t22-,24+,25+,26+,27+,28-,30+/m1/s1. The van der Waals surface area contributed by atoms with Crippen molar-refractivity contribution in [2.24, 2.45) is 28.1 Å². The lowest BCUT2D eigenvalue weighted by Crippen LogP contribution is -2.59. The summed E-state index contributed by atoms with van der Waals surface area (Å²) < 4.78 is 0. The maximum absolute atomic E-state index is 13.9. The van der Waals surface area contributed by atoms with E-state index in [9.17, 15) is 33.9 Å². The van der Waals surface area contributed by atoms with Crippen LogP contribution >= 0.6 is 0 Å². The molecule has 0 spiro atoms. The highest BCUT2D eigenvalue weighted by Crippen LogP contribution is 2.10. The van der Waals surface area contributed by atoms with Crippen molar-refractivity contribution in [1.82, 2.24) is 31.9 Å². The molecule has 52 heavy (non-hydrogen) atoms. The van der Waals surface area contributed by atoms with Gasteiger partial charge < -0.3 is 54.2 Å². The number of hydrogen-bond acceptors (Lipinski definition) is 11. The Morgan fingerprint density at radius 1 is 0.712 bits per heavy atom. The Labute approximate surface area is 305 Å². The predicted molar refractivity (Wildman–Crippen MR) is 196 cm³/mol. The van der Waals surface area contributed by atoms with Gasteiger partial charge in [0.15, 0.2) is 6.04 Å². The fraction of sp³-hybridized carbons (Fsp3) is 0.629. The van der Waals surface area contributed by atoms with Gasteiger partial charge in [-0.1, -0.05) is 44.2 Å². The van der Waals surface area contributed by atoms with E-state index in [-0.39, 0.29) is 77.0 Å². The molecule has 0 bridgehead atoms. The molecule has 1 aromatic rings. The molecule has 1 aliphatic rings. The number of carbonyl (C=O) groups is 6. The molecule has 2 rings (SSSR count). The first-order chi connectivity index (χ1) is 24.8. The van der Waals surface area contributed by atoms with Crippen molar-refractivity contribution in [1.29, 1.82) is 0 Å². The van der Waals surface area contributed by atoms with Crippen LogP contribution in [0.3, 0.4) is 0 Å². The van der Waals surface area contributed by atoms with Crippen molar-refractivity contribution in [3.8, 4) is 0 Å². The summed E-state index contributed by atoms with van der Waals surface area (Å²) in [4.78, 5) is 84.8. The molecule has 0 saturated heterocycles. The van der Waals surface area contributed by atoms with Crippen molar-refractivity contribution in [3.05, 3.63) is 35.9 Å². The van der Waals surface area contributed by atoms with Crippen LogP contribution in [0, 0.1) is 5.92 Å². The smallest absolute Gasteiger partial charge is 0.247 e. The van der Waals surface area contributed by atoms with Crippen molar-refractivity contribution in [2.45, 2.75) is 108 Å². The maximum Gasteiger partial charge on any atom is 0.247 e. The van der Waals surface area contributed by atoms with Gasteiger partial charge in [-0.3, -0.25) is 33.8 Å². The summed E-state index contributed by atoms with van der Waals surface area (Å²) in [6.07, 6.45) is 0.937. The summed E-state index contributed by atoms with van der Waals surface area (Å²) in [5.41, 5.74) is 18.1. The summed E-state index contributed by atoms with van der Waals surface area (Å²) in [7, 11) is 0. The lowest BCUT2D eigenvalue weighted by Gasteiger charge is -2.27. The molecule has 0 fully saturated rings. The average molecular weight is 731 g/mol. The number of carbonyl (C=O) groups excluding carboxylic acids is 6. The van der Waals surface area contributed by atoms with Crippen molar-refractivity contribution >= 4 is 41.7 Å². The quantitative estimate of drug-likeness (QED) is 0.114. The molecule has 13 N–H and O–H groups in total. The van der Waals surface area contributed by atoms with Crippen LogP contribution in [0.15, 0.2) is 35.3 Å². The highest BCUT2D eigenvalue weighted by molar-refractivity contribution is 5.96. The van der Waals surface area contributed by atoms with Crippen LogP contribution in [0.2, 0.25) is 0 Å². The molecule has 6 amide bonds. The number of rotatable bonds is 11. The first-order valence-electron chi connectivity index (χ1n) is 17.9. The van der Waals surface area contributed by atoms with Crippen molar-refractivity contribution in [3.63, 3.8) is 0 Å². The predicted octanol–water partition coefficient (Wildman–Crippen LogP) is -2.52. The molecule has 17 nitrogen and oxygen atoms in total. The Hall–Kier alpha value is -4.45. The Bertz CT molecular complexity index is 1340. The third kappa shape index (κ3) is 15.4. The lowest BCUT2D eigenvalue weighted by molar-refractivity contribution is -0.135. The van der Waals surface area contributed by atoms with Gasteiger partial charge in [0.25, 0.3) is 0 Å². The molecule has 0 saturated carbocycles. The molecule has 1 aromatic carbocycles. The Morgan fingerprint density at radius 2 is 1.25 bits per heavy atom. The maximum atomic E-state index is 13.9. The fourth-order valence-electron chi connectivity index (χ4n) is 5.54. The van der Waals surface area contributed by atoms with Crippen LogP contribution in [0.5, 0.6) is 0 Å². The number of nitrogens with zero attached hydrogens (tertiary/aromatic N) is 1. The molecule has 1 aliphatic heterocycles. The minimum Gasteiger partial charge on any atom is -0.391 e. The third-order valence-electron chi connectivity index (χ3n) is 8.29. The summed E-state index contributed by atoms with van der Waals surface area (Å²) in [6.45, 7) is 5.46. The van der Waals surface area contributed by atoms with Crippen molar-refractivity contribution < 1.29 is 33.9 Å². The van der Waals surface area contributed by atoms with E-state index in [1.165, 1.54) is 13.1 Å². The Kier molecular flexibility index (Phi) is 19.5. The van der Waals surface area contributed by atoms with Gasteiger partial charge in [0.1, 0.15) is 24.2 Å². The molecular formula is C35H58N10O7. The molecule has 0 radical (unpaired) electrons. The monoisotopic (exact) mass is 730 g/mol. The van der Waals surface area contributed by atoms with E-state index in [0.29, 0.717) is 0 Å². The molecule has 1 heterocycles. The second kappa shape index (κ2) is 23.2. The van der Waals surface area contributed by atoms with E-state index in [2.05, 4.69) is 36.9 Å². The van der Waals surface area contributed by atoms with Gasteiger partial charge in [0.2, 0.25) is 35.4 Å². The van der Waals surface area contributed by atoms with E-state index >= 15 is 0 Å². The van der Waals surface area contributed by atoms with Gasteiger partial charge in [-0.2, -0.15) is 0 Å². The van der Waals surface area contributed by atoms with Crippen LogP contribution in [-0.2, 0) is 35.2 Å². The zero-order valence-corrected chi connectivity index (χ0v) is 30.4. The number of aliphatic imine (C=N–C) groups is 1. The molecular weight excluding hydrogens is 672 g/mol. The van der Waals surface area contributed by atoms with Gasteiger partial charge in [0, 0.05) is 25.6 Å². The first kappa shape index (κ1) is 43.7. The molecule has 290 valence electrons. The van der Waals surface area contributed by atoms with E-state index in [0.717, 1.165) is 5.56 Å². The number of benzene rings is 1. The van der Waals surface area contributed by atoms with Crippen LogP contribution in [-0.4, -0.2) is 115 Å². The van der Waals surface area contributed by atoms with Gasteiger partial charge in [-0.25, -0.2) is 0 Å². The van der Waals surface area contributed by atoms with Gasteiger partial charge in [-0.15, -0.1) is 0 Å². The largest absolute Gasteiger partial charge is 0.391 e. The van der Waals surface area contributed by atoms with Gasteiger partial charge >= 0.3 is 0 Å². The number of aliphatic hydroxyl groups excluding tert-OH is 1. The third-order valence-corrected chi connectivity index (χ3v) is 8.29. The van der Waals surface area contributed by atoms with Crippen LogP contribution in [0.4, 0.5) is 0 Å². The Morgan fingerprint density at radius 3 is 1.85 bits per heavy atom. The lowest BCUT2D eigenvalue weighted by atomic mass is 10.00. The molecule has 0 aliphatic carbocycles. The second-order valence-electron chi connectivity index (χ2n) is 13.3. The van der Waals surface area contributed by atoms with Gasteiger partial charge in [-0.05, 0) is 70.1 Å². The summed E-state index contributed by atoms with van der Waals surface area (Å²) in [5, 5.41) is 26.6. The average Bonchev–Trinajstić information content (AvgIpc) is 3.08. The fourth-order valence-corrected chi connectivity index (χ4v) is 5.54. The van der Waals surface area contributed by atoms with Crippen LogP contribution in [0.25, 0.3) is 0 Å². The van der Waals surface area contributed by atoms with E-state index < -0.39 is 77.8 Å². The second-order valence-corrected chi connectivity index (χ2v) is 13.3. The topological polar surface area (TPSA) is 285 Å². The summed E-state index contributed by atoms with van der Waals surface area (Å²) in [6, 6.07) is 2.58. The Balaban J connectivity index is 2.53. The van der Waals surface area contributed by atoms with Gasteiger partial charge in [0.05, 0.1) is 12.1 Å². The zero-order valence-electron chi connectivity index (χ0n) is 30.4. The minimum absolute atomic E-state index is 0.0468. The molecule has 0 aromatic heterocycles. The van der Waals surface area contributed by atoms with E-state index in [1.54, 1.807) is 24.3 Å². The number of hydrogen-bond donors (Lipinski definition) is 10. The first-order valence-corrected chi connectivity index (χ1v) is 17.9. The number of nitrogens with one attached hydrogen (secondary N) is 6. The van der Waals surface area contributed by atoms with E-state index in [1.807, 2.05) is 19.9 Å². The normalized spacial score (nSPS) is 25.6. The SMILES string of the molecule is CC(C)C[C@@H]1NC(=O)[C@@H](Cc2ccccc2)NC(=O)[C@H](CCN)NC(=O)CCCNC(=O)[C@H]([C@@H](C)O)N=C[C@H](CCN)NC(=O)[C@H](CCN)NC1=O.